The summed E-state index contributed by atoms with van der Waals surface area (Å²) in [6.45, 7) is 0.213. The highest BCUT2D eigenvalue weighted by Gasteiger charge is 2.24. The Hall–Kier alpha value is -1.76. The molecule has 1 amide bonds. The number of nitrogens with zero attached hydrogens (tertiary/aromatic N) is 3. The van der Waals surface area contributed by atoms with Crippen LogP contribution in [0.15, 0.2) is 12.4 Å². The molecule has 0 atom stereocenters. The third-order valence-corrected chi connectivity index (χ3v) is 2.79. The lowest BCUT2D eigenvalue weighted by molar-refractivity contribution is -0.119. The van der Waals surface area contributed by atoms with E-state index in [4.69, 9.17) is 18.0 Å². The number of carbonyl (C=O) groups is 1. The molecule has 96 valence electrons. The van der Waals surface area contributed by atoms with Crippen molar-refractivity contribution in [3.05, 3.63) is 18.1 Å². The summed E-state index contributed by atoms with van der Waals surface area (Å²) in [7, 11) is 1.76. The minimum Gasteiger partial charge on any atom is -0.388 e. The number of amides is 1. The Morgan fingerprint density at radius 3 is 2.83 bits per heavy atom. The summed E-state index contributed by atoms with van der Waals surface area (Å²) >= 11 is 4.91. The van der Waals surface area contributed by atoms with Gasteiger partial charge in [-0.05, 0) is 12.8 Å². The van der Waals surface area contributed by atoms with Gasteiger partial charge in [-0.25, -0.2) is 9.97 Å². The van der Waals surface area contributed by atoms with E-state index in [1.807, 2.05) is 0 Å². The van der Waals surface area contributed by atoms with Crippen LogP contribution in [0, 0.1) is 0 Å². The van der Waals surface area contributed by atoms with Gasteiger partial charge in [0, 0.05) is 25.5 Å². The number of carbonyl (C=O) groups excluding carboxylic acids is 1. The fraction of sp³-hybridized carbons (Fsp3) is 0.455. The average Bonchev–Trinajstić information content (AvgIpc) is 3.12. The summed E-state index contributed by atoms with van der Waals surface area (Å²) in [6.07, 6.45) is 5.21. The number of rotatable bonds is 5. The Kier molecular flexibility index (Phi) is 3.71. The molecule has 3 N–H and O–H groups in total. The van der Waals surface area contributed by atoms with Crippen molar-refractivity contribution >= 4 is 28.9 Å². The molecule has 1 fully saturated rings. The molecule has 1 saturated carbocycles. The maximum absolute atomic E-state index is 11.7. The molecule has 1 aromatic rings. The van der Waals surface area contributed by atoms with Gasteiger partial charge in [-0.1, -0.05) is 12.2 Å². The smallest absolute Gasteiger partial charge is 0.239 e. The van der Waals surface area contributed by atoms with Crippen molar-refractivity contribution in [3.8, 4) is 0 Å². The highest BCUT2D eigenvalue weighted by Crippen LogP contribution is 2.18. The van der Waals surface area contributed by atoms with Gasteiger partial charge in [0.05, 0.1) is 6.54 Å². The second kappa shape index (κ2) is 5.26. The van der Waals surface area contributed by atoms with Gasteiger partial charge >= 0.3 is 0 Å². The number of anilines is 1. The van der Waals surface area contributed by atoms with E-state index >= 15 is 0 Å². The molecule has 1 aromatic heterocycles. The molecule has 0 aromatic carbocycles. The van der Waals surface area contributed by atoms with Crippen LogP contribution in [0.5, 0.6) is 0 Å². The molecular weight excluding hydrogens is 250 g/mol. The van der Waals surface area contributed by atoms with Gasteiger partial charge in [-0.2, -0.15) is 0 Å². The Labute approximate surface area is 111 Å². The van der Waals surface area contributed by atoms with Crippen LogP contribution in [0.4, 0.5) is 5.82 Å². The molecule has 1 aliphatic carbocycles. The van der Waals surface area contributed by atoms with Crippen molar-refractivity contribution in [2.45, 2.75) is 18.9 Å². The molecule has 0 spiro atoms. The van der Waals surface area contributed by atoms with Crippen molar-refractivity contribution in [2.75, 3.05) is 18.5 Å². The maximum Gasteiger partial charge on any atom is 0.239 e. The first-order chi connectivity index (χ1) is 8.58. The van der Waals surface area contributed by atoms with E-state index in [2.05, 4.69) is 15.3 Å². The Morgan fingerprint density at radius 2 is 2.22 bits per heavy atom. The van der Waals surface area contributed by atoms with E-state index < -0.39 is 0 Å². The van der Waals surface area contributed by atoms with Gasteiger partial charge in [0.1, 0.15) is 10.7 Å². The minimum absolute atomic E-state index is 0.0282. The molecule has 7 heteroatoms. The first-order valence-electron chi connectivity index (χ1n) is 5.69. The summed E-state index contributed by atoms with van der Waals surface area (Å²) < 4.78 is 0. The summed E-state index contributed by atoms with van der Waals surface area (Å²) in [5.74, 6) is 0.496. The van der Waals surface area contributed by atoms with E-state index in [9.17, 15) is 4.79 Å². The van der Waals surface area contributed by atoms with E-state index in [1.54, 1.807) is 18.1 Å². The van der Waals surface area contributed by atoms with E-state index in [0.29, 0.717) is 17.6 Å². The molecule has 0 aliphatic heterocycles. The molecule has 0 bridgehead atoms. The first-order valence-corrected chi connectivity index (χ1v) is 6.10. The van der Waals surface area contributed by atoms with Gasteiger partial charge in [0.25, 0.3) is 0 Å². The molecule has 0 radical (unpaired) electrons. The van der Waals surface area contributed by atoms with Gasteiger partial charge in [-0.15, -0.1) is 0 Å². The molecule has 1 heterocycles. The van der Waals surface area contributed by atoms with Gasteiger partial charge in [0.2, 0.25) is 5.91 Å². The number of hydrogen-bond acceptors (Lipinski definition) is 5. The fourth-order valence-electron chi connectivity index (χ4n) is 1.58. The van der Waals surface area contributed by atoms with E-state index in [0.717, 1.165) is 12.8 Å². The highest BCUT2D eigenvalue weighted by atomic mass is 32.1. The normalized spacial score (nSPS) is 14.1. The molecule has 0 unspecified atom stereocenters. The van der Waals surface area contributed by atoms with Crippen LogP contribution in [0.25, 0.3) is 0 Å². The largest absolute Gasteiger partial charge is 0.388 e. The van der Waals surface area contributed by atoms with E-state index in [1.165, 1.54) is 6.20 Å². The third-order valence-electron chi connectivity index (χ3n) is 2.60. The van der Waals surface area contributed by atoms with Crippen LogP contribution in [-0.4, -0.2) is 40.5 Å². The Balaban J connectivity index is 2.05. The average molecular weight is 265 g/mol. The number of hydrogen-bond donors (Lipinski definition) is 2. The number of aromatic nitrogens is 2. The molecule has 0 saturated heterocycles. The third kappa shape index (κ3) is 3.13. The van der Waals surface area contributed by atoms with Crippen molar-refractivity contribution in [3.63, 3.8) is 0 Å². The van der Waals surface area contributed by atoms with Crippen LogP contribution in [-0.2, 0) is 4.79 Å². The van der Waals surface area contributed by atoms with E-state index in [-0.39, 0.29) is 17.4 Å². The van der Waals surface area contributed by atoms with Crippen molar-refractivity contribution in [1.82, 2.24) is 15.3 Å². The van der Waals surface area contributed by atoms with Crippen LogP contribution < -0.4 is 16.0 Å². The predicted octanol–water partition coefficient (Wildman–Crippen LogP) is -0.174. The predicted molar refractivity (Wildman–Crippen MR) is 72.4 cm³/mol. The lowest BCUT2D eigenvalue weighted by Crippen LogP contribution is -2.37. The number of likely N-dealkylation sites (N-methyl/N-ethyl adjacent to an activating group) is 1. The first kappa shape index (κ1) is 12.7. The van der Waals surface area contributed by atoms with Crippen molar-refractivity contribution in [1.29, 1.82) is 0 Å². The number of nitrogens with two attached hydrogens (primary N) is 1. The topological polar surface area (TPSA) is 84.1 Å². The standard InChI is InChI=1S/C11H15N5OS/c1-16(6-8(17)15-7-2-3-7)11-9(10(12)18)13-4-5-14-11/h4-5,7H,2-3,6H2,1H3,(H2,12,18)(H,15,17). The van der Waals surface area contributed by atoms with Crippen LogP contribution >= 0.6 is 12.2 Å². The van der Waals surface area contributed by atoms with Gasteiger partial charge in [-0.3, -0.25) is 4.79 Å². The van der Waals surface area contributed by atoms with Crippen LogP contribution in [0.1, 0.15) is 18.5 Å². The monoisotopic (exact) mass is 265 g/mol. The lowest BCUT2D eigenvalue weighted by Gasteiger charge is -2.19. The lowest BCUT2D eigenvalue weighted by atomic mass is 10.3. The molecule has 2 rings (SSSR count). The maximum atomic E-state index is 11.7. The Morgan fingerprint density at radius 1 is 1.56 bits per heavy atom. The minimum atomic E-state index is -0.0282. The fourth-order valence-corrected chi connectivity index (χ4v) is 1.72. The SMILES string of the molecule is CN(CC(=O)NC1CC1)c1nccnc1C(N)=S. The summed E-state index contributed by atoms with van der Waals surface area (Å²) in [5, 5.41) is 2.91. The van der Waals surface area contributed by atoms with Gasteiger partial charge in [0.15, 0.2) is 5.82 Å². The summed E-state index contributed by atoms with van der Waals surface area (Å²) in [5.41, 5.74) is 6.01. The number of thiocarbonyl (C=S) groups is 1. The second-order valence-electron chi connectivity index (χ2n) is 4.29. The highest BCUT2D eigenvalue weighted by molar-refractivity contribution is 7.80. The zero-order valence-electron chi connectivity index (χ0n) is 10.1. The van der Waals surface area contributed by atoms with Crippen molar-refractivity contribution < 1.29 is 4.79 Å². The zero-order chi connectivity index (χ0) is 13.1. The van der Waals surface area contributed by atoms with Crippen LogP contribution in [0.2, 0.25) is 0 Å². The van der Waals surface area contributed by atoms with Crippen LogP contribution in [0.3, 0.4) is 0 Å². The second-order valence-corrected chi connectivity index (χ2v) is 4.73. The zero-order valence-corrected chi connectivity index (χ0v) is 10.9. The summed E-state index contributed by atoms with van der Waals surface area (Å²) in [4.78, 5) is 21.8. The van der Waals surface area contributed by atoms with Gasteiger partial charge < -0.3 is 16.0 Å². The van der Waals surface area contributed by atoms with Crippen molar-refractivity contribution in [2.24, 2.45) is 5.73 Å². The number of nitrogens with one attached hydrogen (secondary N) is 1. The molecule has 1 aliphatic rings. The molecule has 6 nitrogen and oxygen atoms in total. The molecule has 18 heavy (non-hydrogen) atoms. The summed E-state index contributed by atoms with van der Waals surface area (Å²) in [6, 6.07) is 0.350. The molecular formula is C11H15N5OS. The Bertz CT molecular complexity index is 474. The quantitative estimate of drug-likeness (QED) is 0.719.